The van der Waals surface area contributed by atoms with Gasteiger partial charge >= 0.3 is 0 Å². The van der Waals surface area contributed by atoms with Crippen molar-refractivity contribution in [1.82, 2.24) is 4.90 Å². The Bertz CT molecular complexity index is 235. The Kier molecular flexibility index (Phi) is 7.76. The number of aliphatic hydroxyl groups excluding tert-OH is 1. The first-order valence-corrected chi connectivity index (χ1v) is 6.88. The average molecular weight is 257 g/mol. The molecule has 0 fully saturated rings. The van der Waals surface area contributed by atoms with Crippen LogP contribution in [0, 0.1) is 5.92 Å². The molecule has 3 nitrogen and oxygen atoms in total. The lowest BCUT2D eigenvalue weighted by atomic mass is 9.99. The van der Waals surface area contributed by atoms with E-state index < -0.39 is 6.23 Å². The summed E-state index contributed by atoms with van der Waals surface area (Å²) in [6.45, 7) is 14.8. The Morgan fingerprint density at radius 2 is 1.94 bits per heavy atom. The number of hydrogen-bond donors (Lipinski definition) is 1. The highest BCUT2D eigenvalue weighted by atomic mass is 16.5. The summed E-state index contributed by atoms with van der Waals surface area (Å²) >= 11 is 0. The Labute approximate surface area is 113 Å². The van der Waals surface area contributed by atoms with Crippen molar-refractivity contribution in [2.24, 2.45) is 5.92 Å². The predicted molar refractivity (Wildman–Crippen MR) is 77.5 cm³/mol. The third kappa shape index (κ3) is 7.14. The van der Waals surface area contributed by atoms with Crippen molar-refractivity contribution in [3.8, 4) is 0 Å². The maximum absolute atomic E-state index is 10.3. The summed E-state index contributed by atoms with van der Waals surface area (Å²) in [6.07, 6.45) is 3.34. The molecule has 0 aromatic rings. The minimum atomic E-state index is -0.431. The number of allylic oxidation sites excluding steroid dienone is 1. The highest BCUT2D eigenvalue weighted by molar-refractivity contribution is 4.78. The van der Waals surface area contributed by atoms with Crippen LogP contribution in [0.2, 0.25) is 0 Å². The predicted octanol–water partition coefficient (Wildman–Crippen LogP) is 3.04. The van der Waals surface area contributed by atoms with Crippen LogP contribution >= 0.6 is 0 Å². The van der Waals surface area contributed by atoms with Gasteiger partial charge < -0.3 is 9.84 Å². The van der Waals surface area contributed by atoms with Gasteiger partial charge in [-0.05, 0) is 47.6 Å². The molecule has 0 saturated heterocycles. The first-order chi connectivity index (χ1) is 8.21. The van der Waals surface area contributed by atoms with Gasteiger partial charge in [-0.2, -0.15) is 0 Å². The summed E-state index contributed by atoms with van der Waals surface area (Å²) in [7, 11) is 1.94. The summed E-state index contributed by atoms with van der Waals surface area (Å²) in [5, 5.41) is 10.3. The van der Waals surface area contributed by atoms with E-state index in [4.69, 9.17) is 4.74 Å². The summed E-state index contributed by atoms with van der Waals surface area (Å²) < 4.78 is 5.86. The largest absolute Gasteiger partial charge is 0.378 e. The zero-order chi connectivity index (χ0) is 14.3. The van der Waals surface area contributed by atoms with E-state index in [1.807, 2.05) is 45.7 Å². The van der Waals surface area contributed by atoms with Crippen LogP contribution in [0.25, 0.3) is 0 Å². The maximum atomic E-state index is 10.3. The van der Waals surface area contributed by atoms with Gasteiger partial charge in [0.05, 0.1) is 11.7 Å². The molecule has 0 aliphatic heterocycles. The highest BCUT2D eigenvalue weighted by Gasteiger charge is 2.23. The maximum Gasteiger partial charge on any atom is 0.110 e. The second-order valence-corrected chi connectivity index (χ2v) is 6.09. The Morgan fingerprint density at radius 1 is 1.39 bits per heavy atom. The van der Waals surface area contributed by atoms with Crippen molar-refractivity contribution < 1.29 is 9.84 Å². The molecule has 3 heteroatoms. The van der Waals surface area contributed by atoms with Gasteiger partial charge in [0.2, 0.25) is 0 Å². The second-order valence-electron chi connectivity index (χ2n) is 6.09. The molecule has 1 unspecified atom stereocenters. The fraction of sp³-hybridized carbons (Fsp3) is 0.867. The van der Waals surface area contributed by atoms with Crippen LogP contribution in [0.3, 0.4) is 0 Å². The Hall–Kier alpha value is -0.380. The molecule has 0 aliphatic rings. The van der Waals surface area contributed by atoms with Crippen molar-refractivity contribution >= 4 is 0 Å². The van der Waals surface area contributed by atoms with Crippen LogP contribution in [0.15, 0.2) is 12.7 Å². The van der Waals surface area contributed by atoms with E-state index in [0.29, 0.717) is 0 Å². The zero-order valence-electron chi connectivity index (χ0n) is 12.9. The number of rotatable bonds is 8. The van der Waals surface area contributed by atoms with Crippen LogP contribution < -0.4 is 0 Å². The quantitative estimate of drug-likeness (QED) is 0.536. The molecule has 0 heterocycles. The van der Waals surface area contributed by atoms with Gasteiger partial charge in [0, 0.05) is 12.5 Å². The van der Waals surface area contributed by atoms with Gasteiger partial charge in [-0.3, -0.25) is 4.90 Å². The molecule has 0 aromatic heterocycles. The second kappa shape index (κ2) is 7.93. The van der Waals surface area contributed by atoms with E-state index in [-0.39, 0.29) is 17.6 Å². The van der Waals surface area contributed by atoms with Gasteiger partial charge in [0.1, 0.15) is 6.23 Å². The lowest BCUT2D eigenvalue weighted by Crippen LogP contribution is -2.43. The minimum Gasteiger partial charge on any atom is -0.378 e. The van der Waals surface area contributed by atoms with E-state index in [0.717, 1.165) is 19.4 Å². The summed E-state index contributed by atoms with van der Waals surface area (Å²) in [5.74, 6) is 0.245. The molecule has 0 saturated carbocycles. The Morgan fingerprint density at radius 3 is 2.33 bits per heavy atom. The molecule has 0 aromatic carbocycles. The smallest absolute Gasteiger partial charge is 0.110 e. The average Bonchev–Trinajstić information content (AvgIpc) is 2.21. The third-order valence-corrected chi connectivity index (χ3v) is 2.97. The standard InChI is InChI=1S/C15H31NO2/c1-8-10-13(9-2)14(17)16(7)11-12(3)18-15(4,5)6/h8,12-14,17H,1,9-11H2,2-7H3/t12?,13-,14+/m1/s1. The van der Waals surface area contributed by atoms with Gasteiger partial charge in [0.15, 0.2) is 0 Å². The van der Waals surface area contributed by atoms with E-state index in [2.05, 4.69) is 13.5 Å². The Balaban J connectivity index is 4.28. The normalized spacial score (nSPS) is 17.6. The number of hydrogen-bond acceptors (Lipinski definition) is 3. The minimum absolute atomic E-state index is 0.103. The van der Waals surface area contributed by atoms with Gasteiger partial charge in [-0.25, -0.2) is 0 Å². The van der Waals surface area contributed by atoms with Gasteiger partial charge in [0.25, 0.3) is 0 Å². The number of aliphatic hydroxyl groups is 1. The van der Waals surface area contributed by atoms with Crippen molar-refractivity contribution in [3.63, 3.8) is 0 Å². The van der Waals surface area contributed by atoms with Crippen molar-refractivity contribution in [1.29, 1.82) is 0 Å². The van der Waals surface area contributed by atoms with E-state index in [1.54, 1.807) is 0 Å². The molecule has 3 atom stereocenters. The van der Waals surface area contributed by atoms with Crippen LogP contribution in [0.5, 0.6) is 0 Å². The molecule has 0 bridgehead atoms. The molecule has 0 rings (SSSR count). The first-order valence-electron chi connectivity index (χ1n) is 6.88. The van der Waals surface area contributed by atoms with Crippen molar-refractivity contribution in [3.05, 3.63) is 12.7 Å². The summed E-state index contributed by atoms with van der Waals surface area (Å²) in [6, 6.07) is 0. The molecule has 1 N–H and O–H groups in total. The van der Waals surface area contributed by atoms with E-state index in [1.165, 1.54) is 0 Å². The first kappa shape index (κ1) is 17.6. The van der Waals surface area contributed by atoms with E-state index in [9.17, 15) is 5.11 Å². The molecular weight excluding hydrogens is 226 g/mol. The fourth-order valence-electron chi connectivity index (χ4n) is 2.23. The SMILES string of the molecule is C=CC[C@@H](CC)[C@H](O)N(C)CC(C)OC(C)(C)C. The molecule has 0 amide bonds. The monoisotopic (exact) mass is 257 g/mol. The zero-order valence-corrected chi connectivity index (χ0v) is 12.9. The molecular formula is C15H31NO2. The highest BCUT2D eigenvalue weighted by Crippen LogP contribution is 2.18. The summed E-state index contributed by atoms with van der Waals surface area (Å²) in [4.78, 5) is 1.97. The van der Waals surface area contributed by atoms with Crippen molar-refractivity contribution in [2.75, 3.05) is 13.6 Å². The van der Waals surface area contributed by atoms with Crippen LogP contribution in [0.1, 0.15) is 47.5 Å². The lowest BCUT2D eigenvalue weighted by molar-refractivity contribution is -0.0924. The van der Waals surface area contributed by atoms with Gasteiger partial charge in [-0.15, -0.1) is 6.58 Å². The molecule has 0 spiro atoms. The van der Waals surface area contributed by atoms with Crippen LogP contribution in [-0.4, -0.2) is 41.5 Å². The third-order valence-electron chi connectivity index (χ3n) is 2.97. The van der Waals surface area contributed by atoms with Gasteiger partial charge in [-0.1, -0.05) is 13.0 Å². The number of ether oxygens (including phenoxy) is 1. The lowest BCUT2D eigenvalue weighted by Gasteiger charge is -2.33. The topological polar surface area (TPSA) is 32.7 Å². The van der Waals surface area contributed by atoms with Crippen molar-refractivity contribution in [2.45, 2.75) is 65.4 Å². The number of likely N-dealkylation sites (N-methyl/N-ethyl adjacent to an activating group) is 1. The molecule has 0 radical (unpaired) electrons. The van der Waals surface area contributed by atoms with Crippen LogP contribution in [0.4, 0.5) is 0 Å². The van der Waals surface area contributed by atoms with Crippen LogP contribution in [-0.2, 0) is 4.74 Å². The summed E-state index contributed by atoms with van der Waals surface area (Å²) in [5.41, 5.74) is -0.142. The molecule has 0 aliphatic carbocycles. The molecule has 18 heavy (non-hydrogen) atoms. The van der Waals surface area contributed by atoms with E-state index >= 15 is 0 Å². The molecule has 108 valence electrons. The number of nitrogens with zero attached hydrogens (tertiary/aromatic N) is 1. The fourth-order valence-corrected chi connectivity index (χ4v) is 2.23.